The van der Waals surface area contributed by atoms with Crippen molar-refractivity contribution >= 4 is 0 Å². The van der Waals surface area contributed by atoms with Gasteiger partial charge in [-0.25, -0.2) is 0 Å². The Bertz CT molecular complexity index is 196. The summed E-state index contributed by atoms with van der Waals surface area (Å²) in [6.45, 7) is 7.42. The Labute approximate surface area is 118 Å². The quantitative estimate of drug-likeness (QED) is 0.586. The Balaban J connectivity index is 2.17. The Morgan fingerprint density at radius 2 is 2.00 bits per heavy atom. The van der Waals surface area contributed by atoms with Crippen molar-refractivity contribution in [2.75, 3.05) is 46.7 Å². The third-order valence-corrected chi connectivity index (χ3v) is 3.68. The summed E-state index contributed by atoms with van der Waals surface area (Å²) in [7, 11) is 1.71. The van der Waals surface area contributed by atoms with E-state index in [9.17, 15) is 0 Å². The zero-order valence-corrected chi connectivity index (χ0v) is 12.7. The van der Waals surface area contributed by atoms with E-state index in [2.05, 4.69) is 12.2 Å². The maximum Gasteiger partial charge on any atom is 0.0700 e. The van der Waals surface area contributed by atoms with Crippen molar-refractivity contribution in [3.8, 4) is 0 Å². The van der Waals surface area contributed by atoms with Crippen molar-refractivity contribution in [3.05, 3.63) is 0 Å². The molecular formula is C15H31NO3. The van der Waals surface area contributed by atoms with Crippen LogP contribution in [0.5, 0.6) is 0 Å². The summed E-state index contributed by atoms with van der Waals surface area (Å²) in [6.07, 6.45) is 5.98. The van der Waals surface area contributed by atoms with Gasteiger partial charge in [-0.05, 0) is 44.6 Å². The molecule has 0 bridgehead atoms. The minimum absolute atomic E-state index is 0.589. The minimum Gasteiger partial charge on any atom is -0.382 e. The number of methoxy groups -OCH3 is 1. The standard InChI is InChI=1S/C15H31NO3/c1-3-7-16-15(6-10-19-12-11-17-2)13-14-4-8-18-9-5-14/h14-16H,3-13H2,1-2H3. The van der Waals surface area contributed by atoms with Crippen LogP contribution in [0, 0.1) is 5.92 Å². The molecule has 4 nitrogen and oxygen atoms in total. The molecule has 0 aromatic rings. The third kappa shape index (κ3) is 8.58. The molecule has 1 rings (SSSR count). The highest BCUT2D eigenvalue weighted by atomic mass is 16.5. The van der Waals surface area contributed by atoms with Gasteiger partial charge >= 0.3 is 0 Å². The Hall–Kier alpha value is -0.160. The molecule has 0 aliphatic carbocycles. The maximum absolute atomic E-state index is 5.58. The van der Waals surface area contributed by atoms with E-state index in [-0.39, 0.29) is 0 Å². The van der Waals surface area contributed by atoms with Crippen LogP contribution < -0.4 is 5.32 Å². The summed E-state index contributed by atoms with van der Waals surface area (Å²) in [5, 5.41) is 3.66. The molecule has 0 spiro atoms. The SMILES string of the molecule is CCCNC(CCOCCOC)CC1CCOCC1. The van der Waals surface area contributed by atoms with Crippen molar-refractivity contribution in [1.29, 1.82) is 0 Å². The van der Waals surface area contributed by atoms with E-state index >= 15 is 0 Å². The highest BCUT2D eigenvalue weighted by Crippen LogP contribution is 2.21. The first-order chi connectivity index (χ1) is 9.36. The molecule has 0 radical (unpaired) electrons. The fourth-order valence-electron chi connectivity index (χ4n) is 2.51. The molecule has 1 fully saturated rings. The number of rotatable bonds is 11. The summed E-state index contributed by atoms with van der Waals surface area (Å²) in [6, 6.07) is 0.589. The second-order valence-electron chi connectivity index (χ2n) is 5.34. The lowest BCUT2D eigenvalue weighted by atomic mass is 9.91. The number of nitrogens with one attached hydrogen (secondary N) is 1. The Morgan fingerprint density at radius 3 is 2.68 bits per heavy atom. The van der Waals surface area contributed by atoms with Gasteiger partial charge in [-0.1, -0.05) is 6.92 Å². The maximum atomic E-state index is 5.58. The molecule has 1 unspecified atom stereocenters. The largest absolute Gasteiger partial charge is 0.382 e. The lowest BCUT2D eigenvalue weighted by molar-refractivity contribution is 0.0514. The second-order valence-corrected chi connectivity index (χ2v) is 5.34. The Morgan fingerprint density at radius 1 is 1.21 bits per heavy atom. The van der Waals surface area contributed by atoms with E-state index in [4.69, 9.17) is 14.2 Å². The van der Waals surface area contributed by atoms with Crippen LogP contribution >= 0.6 is 0 Å². The average molecular weight is 273 g/mol. The van der Waals surface area contributed by atoms with Crippen molar-refractivity contribution in [2.24, 2.45) is 5.92 Å². The molecule has 1 aliphatic heterocycles. The van der Waals surface area contributed by atoms with Gasteiger partial charge in [0.25, 0.3) is 0 Å². The van der Waals surface area contributed by atoms with Crippen molar-refractivity contribution in [1.82, 2.24) is 5.32 Å². The van der Waals surface area contributed by atoms with E-state index in [1.807, 2.05) is 0 Å². The number of hydrogen-bond acceptors (Lipinski definition) is 4. The molecule has 0 amide bonds. The summed E-state index contributed by atoms with van der Waals surface area (Å²) in [5.74, 6) is 0.821. The van der Waals surface area contributed by atoms with E-state index in [0.29, 0.717) is 19.3 Å². The molecule has 1 aliphatic rings. The van der Waals surface area contributed by atoms with Crippen LogP contribution in [0.25, 0.3) is 0 Å². The summed E-state index contributed by atoms with van der Waals surface area (Å²) in [5.41, 5.74) is 0. The first-order valence-corrected chi connectivity index (χ1v) is 7.74. The van der Waals surface area contributed by atoms with Gasteiger partial charge in [0, 0.05) is 33.0 Å². The molecule has 1 atom stereocenters. The Kier molecular flexibility index (Phi) is 10.4. The highest BCUT2D eigenvalue weighted by Gasteiger charge is 2.18. The van der Waals surface area contributed by atoms with E-state index in [1.54, 1.807) is 7.11 Å². The van der Waals surface area contributed by atoms with Crippen LogP contribution in [0.1, 0.15) is 39.0 Å². The van der Waals surface area contributed by atoms with Gasteiger partial charge in [0.05, 0.1) is 13.2 Å². The molecule has 114 valence electrons. The number of hydrogen-bond donors (Lipinski definition) is 1. The molecule has 1 heterocycles. The first kappa shape index (κ1) is 16.9. The molecule has 1 N–H and O–H groups in total. The molecule has 0 aromatic carbocycles. The fourth-order valence-corrected chi connectivity index (χ4v) is 2.51. The molecule has 0 aromatic heterocycles. The van der Waals surface area contributed by atoms with Crippen molar-refractivity contribution in [3.63, 3.8) is 0 Å². The van der Waals surface area contributed by atoms with Crippen molar-refractivity contribution < 1.29 is 14.2 Å². The third-order valence-electron chi connectivity index (χ3n) is 3.68. The van der Waals surface area contributed by atoms with Crippen molar-refractivity contribution in [2.45, 2.75) is 45.1 Å². The lowest BCUT2D eigenvalue weighted by Gasteiger charge is -2.27. The monoisotopic (exact) mass is 273 g/mol. The van der Waals surface area contributed by atoms with Gasteiger partial charge in [0.15, 0.2) is 0 Å². The molecule has 0 saturated carbocycles. The van der Waals surface area contributed by atoms with Crippen LogP contribution in [0.15, 0.2) is 0 Å². The summed E-state index contributed by atoms with van der Waals surface area (Å²) >= 11 is 0. The fraction of sp³-hybridized carbons (Fsp3) is 1.00. The number of ether oxygens (including phenoxy) is 3. The van der Waals surface area contributed by atoms with Crippen LogP contribution in [0.2, 0.25) is 0 Å². The molecular weight excluding hydrogens is 242 g/mol. The highest BCUT2D eigenvalue weighted by molar-refractivity contribution is 4.74. The van der Waals surface area contributed by atoms with Crippen LogP contribution in [-0.2, 0) is 14.2 Å². The van der Waals surface area contributed by atoms with E-state index < -0.39 is 0 Å². The topological polar surface area (TPSA) is 39.7 Å². The lowest BCUT2D eigenvalue weighted by Crippen LogP contribution is -2.34. The first-order valence-electron chi connectivity index (χ1n) is 7.74. The predicted molar refractivity (Wildman–Crippen MR) is 77.6 cm³/mol. The van der Waals surface area contributed by atoms with Gasteiger partial charge < -0.3 is 19.5 Å². The van der Waals surface area contributed by atoms with Gasteiger partial charge in [-0.3, -0.25) is 0 Å². The zero-order valence-electron chi connectivity index (χ0n) is 12.7. The summed E-state index contributed by atoms with van der Waals surface area (Å²) in [4.78, 5) is 0. The van der Waals surface area contributed by atoms with Crippen LogP contribution in [0.3, 0.4) is 0 Å². The predicted octanol–water partition coefficient (Wildman–Crippen LogP) is 2.22. The van der Waals surface area contributed by atoms with Gasteiger partial charge in [0.1, 0.15) is 0 Å². The van der Waals surface area contributed by atoms with Crippen LogP contribution in [-0.4, -0.2) is 52.7 Å². The van der Waals surface area contributed by atoms with E-state index in [1.165, 1.54) is 25.7 Å². The van der Waals surface area contributed by atoms with Gasteiger partial charge in [-0.2, -0.15) is 0 Å². The molecule has 19 heavy (non-hydrogen) atoms. The zero-order chi connectivity index (χ0) is 13.8. The molecule has 4 heteroatoms. The minimum atomic E-state index is 0.589. The smallest absolute Gasteiger partial charge is 0.0700 e. The summed E-state index contributed by atoms with van der Waals surface area (Å²) < 4.78 is 16.0. The van der Waals surface area contributed by atoms with Gasteiger partial charge in [-0.15, -0.1) is 0 Å². The average Bonchev–Trinajstić information content (AvgIpc) is 2.45. The normalized spacial score (nSPS) is 18.6. The van der Waals surface area contributed by atoms with Gasteiger partial charge in [0.2, 0.25) is 0 Å². The second kappa shape index (κ2) is 11.6. The van der Waals surface area contributed by atoms with Crippen LogP contribution in [0.4, 0.5) is 0 Å². The molecule has 1 saturated heterocycles. The van der Waals surface area contributed by atoms with E-state index in [0.717, 1.165) is 38.7 Å².